The number of rotatable bonds is 7. The molecule has 1 saturated carbocycles. The van der Waals surface area contributed by atoms with Gasteiger partial charge in [0.15, 0.2) is 5.96 Å². The summed E-state index contributed by atoms with van der Waals surface area (Å²) < 4.78 is 5.37. The van der Waals surface area contributed by atoms with Gasteiger partial charge in [-0.1, -0.05) is 30.4 Å². The van der Waals surface area contributed by atoms with Gasteiger partial charge in [-0.05, 0) is 31.2 Å². The van der Waals surface area contributed by atoms with E-state index in [0.717, 1.165) is 24.3 Å². The van der Waals surface area contributed by atoms with Crippen LogP contribution in [-0.4, -0.2) is 49.4 Å². The molecule has 1 aliphatic heterocycles. The molecular formula is C22H29IN4O3. The number of benzene rings is 1. The Morgan fingerprint density at radius 3 is 2.43 bits per heavy atom. The van der Waals surface area contributed by atoms with Gasteiger partial charge in [-0.15, -0.1) is 24.0 Å². The second-order valence-electron chi connectivity index (χ2n) is 7.76. The molecule has 3 aliphatic rings. The van der Waals surface area contributed by atoms with Crippen LogP contribution in [0.15, 0.2) is 41.4 Å². The smallest absolute Gasteiger partial charge is 0.233 e. The van der Waals surface area contributed by atoms with Gasteiger partial charge in [0.1, 0.15) is 5.75 Å². The van der Waals surface area contributed by atoms with E-state index in [1.54, 1.807) is 7.11 Å². The van der Waals surface area contributed by atoms with Gasteiger partial charge < -0.3 is 15.4 Å². The number of guanidine groups is 1. The van der Waals surface area contributed by atoms with Crippen LogP contribution in [0, 0.1) is 23.7 Å². The van der Waals surface area contributed by atoms with Crippen LogP contribution in [0.3, 0.4) is 0 Å². The summed E-state index contributed by atoms with van der Waals surface area (Å²) in [6.07, 6.45) is 5.19. The first-order valence-corrected chi connectivity index (χ1v) is 10.3. The molecule has 2 N–H and O–H groups in total. The van der Waals surface area contributed by atoms with Crippen LogP contribution in [-0.2, 0) is 16.1 Å². The van der Waals surface area contributed by atoms with Gasteiger partial charge in [0, 0.05) is 25.2 Å². The molecular weight excluding hydrogens is 495 g/mol. The number of hydrogen-bond donors (Lipinski definition) is 2. The summed E-state index contributed by atoms with van der Waals surface area (Å²) >= 11 is 0. The summed E-state index contributed by atoms with van der Waals surface area (Å²) in [5.41, 5.74) is 0.993. The highest BCUT2D eigenvalue weighted by molar-refractivity contribution is 14.0. The monoisotopic (exact) mass is 524 g/mol. The maximum absolute atomic E-state index is 12.8. The van der Waals surface area contributed by atoms with Crippen LogP contribution in [0.2, 0.25) is 0 Å². The number of fused-ring (bicyclic) bond motifs is 5. The number of hydrogen-bond acceptors (Lipinski definition) is 4. The molecule has 2 aliphatic carbocycles. The van der Waals surface area contributed by atoms with E-state index in [-0.39, 0.29) is 59.5 Å². The molecule has 2 amide bonds. The number of methoxy groups -OCH3 is 1. The first kappa shape index (κ1) is 22.6. The number of nitrogens with one attached hydrogen (secondary N) is 2. The lowest BCUT2D eigenvalue weighted by Crippen LogP contribution is -2.43. The van der Waals surface area contributed by atoms with Crippen LogP contribution < -0.4 is 15.4 Å². The minimum absolute atomic E-state index is 0. The van der Waals surface area contributed by atoms with Crippen molar-refractivity contribution in [3.63, 3.8) is 0 Å². The fourth-order valence-electron chi connectivity index (χ4n) is 4.81. The van der Waals surface area contributed by atoms with Gasteiger partial charge in [-0.25, -0.2) is 4.99 Å². The molecule has 1 aromatic rings. The third-order valence-electron chi connectivity index (χ3n) is 6.13. The number of ether oxygens (including phenoxy) is 1. The number of imide groups is 1. The van der Waals surface area contributed by atoms with E-state index in [1.807, 2.05) is 31.2 Å². The molecule has 7 nitrogen and oxygen atoms in total. The van der Waals surface area contributed by atoms with E-state index < -0.39 is 0 Å². The fourth-order valence-corrected chi connectivity index (χ4v) is 4.81. The van der Waals surface area contributed by atoms with Crippen molar-refractivity contribution in [3.05, 3.63) is 42.0 Å². The Morgan fingerprint density at radius 1 is 1.13 bits per heavy atom. The molecule has 0 aromatic heterocycles. The Balaban J connectivity index is 0.00000256. The van der Waals surface area contributed by atoms with Crippen molar-refractivity contribution in [1.29, 1.82) is 0 Å². The molecule has 1 saturated heterocycles. The van der Waals surface area contributed by atoms with Crippen molar-refractivity contribution in [2.45, 2.75) is 19.9 Å². The summed E-state index contributed by atoms with van der Waals surface area (Å²) in [6.45, 7) is 4.02. The molecule has 1 heterocycles. The first-order chi connectivity index (χ1) is 14.1. The number of halogens is 1. The summed E-state index contributed by atoms with van der Waals surface area (Å²) in [7, 11) is 1.65. The fraction of sp³-hybridized carbons (Fsp3) is 0.500. The lowest BCUT2D eigenvalue weighted by atomic mass is 9.85. The highest BCUT2D eigenvalue weighted by Gasteiger charge is 2.58. The van der Waals surface area contributed by atoms with Crippen LogP contribution >= 0.6 is 24.0 Å². The summed E-state index contributed by atoms with van der Waals surface area (Å²) in [4.78, 5) is 31.6. The first-order valence-electron chi connectivity index (χ1n) is 10.3. The largest absolute Gasteiger partial charge is 0.496 e. The van der Waals surface area contributed by atoms with Gasteiger partial charge in [0.2, 0.25) is 11.8 Å². The quantitative estimate of drug-likeness (QED) is 0.188. The zero-order valence-corrected chi connectivity index (χ0v) is 19.7. The third-order valence-corrected chi connectivity index (χ3v) is 6.13. The summed E-state index contributed by atoms with van der Waals surface area (Å²) in [5.74, 6) is 1.67. The minimum atomic E-state index is -0.134. The minimum Gasteiger partial charge on any atom is -0.496 e. The maximum Gasteiger partial charge on any atom is 0.233 e. The normalized spacial score (nSPS) is 26.6. The SMILES string of the molecule is CCNC(=NCc1ccccc1OC)NCCN1C(=O)C2C3C=CC(C3)C2C1=O.I. The molecule has 0 radical (unpaired) electrons. The zero-order valence-electron chi connectivity index (χ0n) is 17.3. The van der Waals surface area contributed by atoms with Crippen molar-refractivity contribution >= 4 is 41.8 Å². The molecule has 8 heteroatoms. The van der Waals surface area contributed by atoms with Crippen molar-refractivity contribution in [2.75, 3.05) is 26.7 Å². The standard InChI is InChI=1S/C22H28N4O3.HI/c1-3-23-22(25-13-16-6-4-5-7-17(16)29-2)24-10-11-26-20(27)18-14-8-9-15(12-14)19(18)21(26)28;/h4-9,14-15,18-19H,3,10-13H2,1-2H3,(H2,23,24,25);1H. The van der Waals surface area contributed by atoms with Crippen molar-refractivity contribution in [2.24, 2.45) is 28.7 Å². The molecule has 4 atom stereocenters. The molecule has 2 bridgehead atoms. The number of carbonyl (C=O) groups is 2. The van der Waals surface area contributed by atoms with Crippen molar-refractivity contribution < 1.29 is 14.3 Å². The Hall–Kier alpha value is -2.10. The Kier molecular flexibility index (Phi) is 7.38. The van der Waals surface area contributed by atoms with E-state index in [0.29, 0.717) is 25.6 Å². The topological polar surface area (TPSA) is 83.0 Å². The van der Waals surface area contributed by atoms with Crippen LogP contribution in [0.5, 0.6) is 5.75 Å². The number of carbonyl (C=O) groups excluding carboxylic acids is 2. The molecule has 1 aromatic carbocycles. The average molecular weight is 524 g/mol. The van der Waals surface area contributed by atoms with Gasteiger partial charge in [0.25, 0.3) is 0 Å². The van der Waals surface area contributed by atoms with Crippen LogP contribution in [0.25, 0.3) is 0 Å². The number of likely N-dealkylation sites (tertiary alicyclic amines) is 1. The third kappa shape index (κ3) is 4.19. The zero-order chi connectivity index (χ0) is 20.4. The van der Waals surface area contributed by atoms with Gasteiger partial charge >= 0.3 is 0 Å². The molecule has 2 fully saturated rings. The van der Waals surface area contributed by atoms with Gasteiger partial charge in [-0.3, -0.25) is 14.5 Å². The maximum atomic E-state index is 12.8. The number of para-hydroxylation sites is 1. The summed E-state index contributed by atoms with van der Waals surface area (Å²) in [5, 5.41) is 6.44. The number of amides is 2. The van der Waals surface area contributed by atoms with Crippen molar-refractivity contribution in [3.8, 4) is 5.75 Å². The molecule has 0 spiro atoms. The van der Waals surface area contributed by atoms with E-state index in [2.05, 4.69) is 27.8 Å². The molecule has 4 rings (SSSR count). The molecule has 30 heavy (non-hydrogen) atoms. The highest BCUT2D eigenvalue weighted by atomic mass is 127. The lowest BCUT2D eigenvalue weighted by Gasteiger charge is -2.18. The van der Waals surface area contributed by atoms with E-state index in [1.165, 1.54) is 4.90 Å². The number of nitrogens with zero attached hydrogens (tertiary/aromatic N) is 2. The second kappa shape index (κ2) is 9.80. The highest BCUT2D eigenvalue weighted by Crippen LogP contribution is 2.52. The number of allylic oxidation sites excluding steroid dienone is 2. The van der Waals surface area contributed by atoms with Crippen LogP contribution in [0.1, 0.15) is 18.9 Å². The van der Waals surface area contributed by atoms with Gasteiger partial charge in [-0.2, -0.15) is 0 Å². The Labute approximate surface area is 194 Å². The average Bonchev–Trinajstić information content (AvgIpc) is 3.41. The lowest BCUT2D eigenvalue weighted by molar-refractivity contribution is -0.140. The van der Waals surface area contributed by atoms with Crippen molar-refractivity contribution in [1.82, 2.24) is 15.5 Å². The predicted molar refractivity (Wildman–Crippen MR) is 126 cm³/mol. The molecule has 4 unspecified atom stereocenters. The Bertz CT molecular complexity index is 827. The van der Waals surface area contributed by atoms with Crippen LogP contribution in [0.4, 0.5) is 0 Å². The Morgan fingerprint density at radius 2 is 1.80 bits per heavy atom. The predicted octanol–water partition coefficient (Wildman–Crippen LogP) is 2.18. The van der Waals surface area contributed by atoms with E-state index >= 15 is 0 Å². The number of aliphatic imine (C=N–C) groups is 1. The second-order valence-corrected chi connectivity index (χ2v) is 7.76. The summed E-state index contributed by atoms with van der Waals surface area (Å²) in [6, 6.07) is 7.77. The molecule has 162 valence electrons. The van der Waals surface area contributed by atoms with Gasteiger partial charge in [0.05, 0.1) is 25.5 Å². The van der Waals surface area contributed by atoms with E-state index in [4.69, 9.17) is 4.74 Å². The van der Waals surface area contributed by atoms with E-state index in [9.17, 15) is 9.59 Å².